The van der Waals surface area contributed by atoms with Crippen molar-refractivity contribution in [2.45, 2.75) is 64.9 Å². The van der Waals surface area contributed by atoms with Crippen molar-refractivity contribution in [2.24, 2.45) is 0 Å². The molecule has 0 aliphatic carbocycles. The number of rotatable bonds is 9. The van der Waals surface area contributed by atoms with Gasteiger partial charge in [0.05, 0.1) is 13.2 Å². The van der Waals surface area contributed by atoms with Crippen LogP contribution in [0.25, 0.3) is 0 Å². The van der Waals surface area contributed by atoms with Crippen molar-refractivity contribution >= 4 is 18.2 Å². The Morgan fingerprint density at radius 3 is 2.40 bits per heavy atom. The third-order valence-corrected chi connectivity index (χ3v) is 6.81. The van der Waals surface area contributed by atoms with Gasteiger partial charge in [-0.3, -0.25) is 0 Å². The molecule has 2 aliphatic rings. The lowest BCUT2D eigenvalue weighted by molar-refractivity contribution is -0.151. The highest BCUT2D eigenvalue weighted by atomic mass is 16.6. The summed E-state index contributed by atoms with van der Waals surface area (Å²) in [7, 11) is 0. The number of likely N-dealkylation sites (tertiary alicyclic amines) is 1. The lowest BCUT2D eigenvalue weighted by Gasteiger charge is -2.31. The van der Waals surface area contributed by atoms with Gasteiger partial charge in [-0.15, -0.1) is 0 Å². The summed E-state index contributed by atoms with van der Waals surface area (Å²) in [6.07, 6.45) is 1.01. The first-order valence-electron chi connectivity index (χ1n) is 14.3. The second-order valence-corrected chi connectivity index (χ2v) is 11.2. The molecule has 0 bridgehead atoms. The Morgan fingerprint density at radius 1 is 0.976 bits per heavy atom. The van der Waals surface area contributed by atoms with Crippen LogP contribution in [-0.4, -0.2) is 72.5 Å². The van der Waals surface area contributed by atoms with Crippen LogP contribution < -0.4 is 9.47 Å². The van der Waals surface area contributed by atoms with E-state index in [1.807, 2.05) is 39.0 Å². The molecule has 4 rings (SSSR count). The van der Waals surface area contributed by atoms with Crippen LogP contribution >= 0.6 is 0 Å². The van der Waals surface area contributed by atoms with Crippen molar-refractivity contribution in [3.63, 3.8) is 0 Å². The van der Waals surface area contributed by atoms with Gasteiger partial charge >= 0.3 is 18.2 Å². The number of amides is 2. The molecule has 1 saturated heterocycles. The number of carbonyl (C=O) groups is 3. The predicted molar refractivity (Wildman–Crippen MR) is 155 cm³/mol. The summed E-state index contributed by atoms with van der Waals surface area (Å²) in [5, 5.41) is 0. The molecule has 10 heteroatoms. The molecule has 2 atom stereocenters. The SMILES string of the molecule is C=CCOC(=O)N1CC[C@H](Oc2ccc(C(Oc3ccc4c(c3)CN(C(=O)OC(C)(C)C)CC4)C(=O)OCC)cc2)C1. The molecule has 10 nitrogen and oxygen atoms in total. The van der Waals surface area contributed by atoms with Crippen molar-refractivity contribution < 1.29 is 38.1 Å². The number of carbonyl (C=O) groups excluding carboxylic acids is 3. The summed E-state index contributed by atoms with van der Waals surface area (Å²) < 4.78 is 28.2. The van der Waals surface area contributed by atoms with E-state index in [1.165, 1.54) is 6.08 Å². The number of hydrogen-bond acceptors (Lipinski definition) is 8. The zero-order valence-corrected chi connectivity index (χ0v) is 24.8. The van der Waals surface area contributed by atoms with Crippen LogP contribution in [0.1, 0.15) is 56.9 Å². The Bertz CT molecular complexity index is 1270. The Morgan fingerprint density at radius 2 is 1.71 bits per heavy atom. The van der Waals surface area contributed by atoms with Gasteiger partial charge in [0.2, 0.25) is 6.10 Å². The molecule has 42 heavy (non-hydrogen) atoms. The van der Waals surface area contributed by atoms with Crippen molar-refractivity contribution in [2.75, 3.05) is 32.8 Å². The second kappa shape index (κ2) is 13.6. The van der Waals surface area contributed by atoms with Gasteiger partial charge in [-0.05, 0) is 69.5 Å². The molecular formula is C32H40N2O8. The van der Waals surface area contributed by atoms with Gasteiger partial charge in [0.1, 0.15) is 29.8 Å². The first kappa shape index (κ1) is 30.7. The van der Waals surface area contributed by atoms with Crippen LogP contribution in [0, 0.1) is 0 Å². The van der Waals surface area contributed by atoms with E-state index in [0.717, 1.165) is 11.1 Å². The summed E-state index contributed by atoms with van der Waals surface area (Å²) in [5.74, 6) is 0.597. The van der Waals surface area contributed by atoms with E-state index in [-0.39, 0.29) is 31.5 Å². The van der Waals surface area contributed by atoms with Crippen LogP contribution in [0.4, 0.5) is 9.59 Å². The highest BCUT2D eigenvalue weighted by Crippen LogP contribution is 2.30. The largest absolute Gasteiger partial charge is 0.489 e. The Kier molecular flexibility index (Phi) is 9.98. The van der Waals surface area contributed by atoms with Crippen LogP contribution in [-0.2, 0) is 32.0 Å². The molecule has 2 heterocycles. The molecule has 1 unspecified atom stereocenters. The molecule has 1 fully saturated rings. The van der Waals surface area contributed by atoms with E-state index in [0.29, 0.717) is 56.1 Å². The molecule has 0 N–H and O–H groups in total. The van der Waals surface area contributed by atoms with Crippen molar-refractivity contribution in [1.29, 1.82) is 0 Å². The summed E-state index contributed by atoms with van der Waals surface area (Å²) in [4.78, 5) is 40.9. The number of benzene rings is 2. The standard InChI is InChI=1S/C32H40N2O8/c1-6-18-39-30(36)34-17-15-27(21-34)40-25-11-9-23(10-12-25)28(29(35)38-7-2)41-26-13-8-22-14-16-33(20-24(22)19-26)31(37)42-32(3,4)5/h6,8-13,19,27-28H,1,7,14-18,20-21H2,2-5H3/t27-,28?/m0/s1. The Hall–Kier alpha value is -4.21. The van der Waals surface area contributed by atoms with Crippen LogP contribution in [0.15, 0.2) is 55.1 Å². The van der Waals surface area contributed by atoms with Crippen molar-refractivity contribution in [3.8, 4) is 11.5 Å². The normalized spacial score (nSPS) is 17.1. The van der Waals surface area contributed by atoms with E-state index >= 15 is 0 Å². The Labute approximate surface area is 247 Å². The predicted octanol–water partition coefficient (Wildman–Crippen LogP) is 5.44. The topological polar surface area (TPSA) is 104 Å². The molecule has 0 radical (unpaired) electrons. The number of fused-ring (bicyclic) bond motifs is 1. The van der Waals surface area contributed by atoms with Gasteiger partial charge in [0, 0.05) is 31.6 Å². The lowest BCUT2D eigenvalue weighted by atomic mass is 9.99. The molecule has 2 aromatic carbocycles. The molecule has 0 aromatic heterocycles. The van der Waals surface area contributed by atoms with Gasteiger partial charge < -0.3 is 33.5 Å². The third-order valence-electron chi connectivity index (χ3n) is 6.81. The van der Waals surface area contributed by atoms with Crippen LogP contribution in [0.3, 0.4) is 0 Å². The second-order valence-electron chi connectivity index (χ2n) is 11.2. The van der Waals surface area contributed by atoms with Crippen molar-refractivity contribution in [3.05, 3.63) is 71.8 Å². The van der Waals surface area contributed by atoms with Gasteiger partial charge in [0.25, 0.3) is 0 Å². The maximum absolute atomic E-state index is 12.9. The number of hydrogen-bond donors (Lipinski definition) is 0. The number of esters is 1. The summed E-state index contributed by atoms with van der Waals surface area (Å²) in [6.45, 7) is 13.1. The molecule has 2 amide bonds. The van der Waals surface area contributed by atoms with E-state index in [2.05, 4.69) is 6.58 Å². The molecule has 226 valence electrons. The van der Waals surface area contributed by atoms with E-state index < -0.39 is 17.7 Å². The monoisotopic (exact) mass is 580 g/mol. The van der Waals surface area contributed by atoms with E-state index in [4.69, 9.17) is 23.7 Å². The molecule has 0 spiro atoms. The molecule has 2 aromatic rings. The van der Waals surface area contributed by atoms with Gasteiger partial charge in [0.15, 0.2) is 0 Å². The zero-order chi connectivity index (χ0) is 30.3. The van der Waals surface area contributed by atoms with Gasteiger partial charge in [-0.25, -0.2) is 14.4 Å². The van der Waals surface area contributed by atoms with Gasteiger partial charge in [-0.2, -0.15) is 0 Å². The smallest absolute Gasteiger partial charge is 0.410 e. The average molecular weight is 581 g/mol. The molecule has 2 aliphatic heterocycles. The lowest BCUT2D eigenvalue weighted by Crippen LogP contribution is -2.39. The quantitative estimate of drug-likeness (QED) is 0.220. The van der Waals surface area contributed by atoms with Crippen LogP contribution in [0.2, 0.25) is 0 Å². The minimum absolute atomic E-state index is 0.167. The maximum Gasteiger partial charge on any atom is 0.410 e. The first-order valence-corrected chi connectivity index (χ1v) is 14.3. The van der Waals surface area contributed by atoms with E-state index in [9.17, 15) is 14.4 Å². The van der Waals surface area contributed by atoms with Crippen LogP contribution in [0.5, 0.6) is 11.5 Å². The minimum atomic E-state index is -0.996. The van der Waals surface area contributed by atoms with E-state index in [1.54, 1.807) is 41.0 Å². The fraction of sp³-hybridized carbons (Fsp3) is 0.469. The zero-order valence-electron chi connectivity index (χ0n) is 24.8. The maximum atomic E-state index is 12.9. The first-order chi connectivity index (χ1) is 20.1. The molecule has 0 saturated carbocycles. The fourth-order valence-electron chi connectivity index (χ4n) is 4.82. The fourth-order valence-corrected chi connectivity index (χ4v) is 4.82. The average Bonchev–Trinajstić information content (AvgIpc) is 3.42. The highest BCUT2D eigenvalue weighted by molar-refractivity contribution is 5.77. The molecular weight excluding hydrogens is 540 g/mol. The Balaban J connectivity index is 1.42. The number of nitrogens with zero attached hydrogens (tertiary/aromatic N) is 2. The van der Waals surface area contributed by atoms with Gasteiger partial charge in [-0.1, -0.05) is 30.9 Å². The number of ether oxygens (including phenoxy) is 5. The minimum Gasteiger partial charge on any atom is -0.489 e. The summed E-state index contributed by atoms with van der Waals surface area (Å²) >= 11 is 0. The highest BCUT2D eigenvalue weighted by Gasteiger charge is 2.30. The third kappa shape index (κ3) is 8.18. The summed E-state index contributed by atoms with van der Waals surface area (Å²) in [6, 6.07) is 12.7. The van der Waals surface area contributed by atoms with Crippen molar-refractivity contribution in [1.82, 2.24) is 9.80 Å². The summed E-state index contributed by atoms with van der Waals surface area (Å²) in [5.41, 5.74) is 2.09.